The highest BCUT2D eigenvalue weighted by Crippen LogP contribution is 2.34. The first-order valence-electron chi connectivity index (χ1n) is 3.76. The van der Waals surface area contributed by atoms with Gasteiger partial charge in [-0.3, -0.25) is 0 Å². The molecule has 0 radical (unpaired) electrons. The maximum absolute atomic E-state index is 9.30. The number of phenolic OH excluding ortho intramolecular Hbond substituents is 1. The summed E-state index contributed by atoms with van der Waals surface area (Å²) < 4.78 is 0. The molecule has 13 heavy (non-hydrogen) atoms. The molecule has 1 aliphatic heterocycles. The fraction of sp³-hybridized carbons (Fsp3) is 0.125. The summed E-state index contributed by atoms with van der Waals surface area (Å²) >= 11 is 5.86. The molecular weight excluding hydrogens is 190 g/mol. The Morgan fingerprint density at radius 2 is 2.31 bits per heavy atom. The molecule has 4 nitrogen and oxygen atoms in total. The minimum absolute atomic E-state index is 0.0675. The smallest absolute Gasteiger partial charge is 0.193 e. The van der Waals surface area contributed by atoms with Crippen molar-refractivity contribution in [2.75, 3.05) is 5.32 Å². The summed E-state index contributed by atoms with van der Waals surface area (Å²) in [5.74, 6) is 0.437. The second kappa shape index (κ2) is 2.81. The molecule has 5 heteroatoms. The van der Waals surface area contributed by atoms with Gasteiger partial charge in [-0.2, -0.15) is 0 Å². The number of nitrogens with zero attached hydrogens (tertiary/aromatic N) is 1. The molecule has 1 aromatic carbocycles. The quantitative estimate of drug-likeness (QED) is 0.549. The molecule has 4 N–H and O–H groups in total. The van der Waals surface area contributed by atoms with Crippen LogP contribution in [0.1, 0.15) is 5.56 Å². The minimum Gasteiger partial charge on any atom is -0.506 e. The molecule has 0 saturated carbocycles. The number of nitrogens with one attached hydrogen (secondary N) is 1. The van der Waals surface area contributed by atoms with Gasteiger partial charge in [0, 0.05) is 11.3 Å². The van der Waals surface area contributed by atoms with E-state index in [2.05, 4.69) is 10.3 Å². The summed E-state index contributed by atoms with van der Waals surface area (Å²) in [6.07, 6.45) is 0. The molecule has 0 aromatic heterocycles. The van der Waals surface area contributed by atoms with E-state index in [1.165, 1.54) is 6.07 Å². The highest BCUT2D eigenvalue weighted by atomic mass is 35.5. The van der Waals surface area contributed by atoms with Crippen molar-refractivity contribution in [3.05, 3.63) is 22.7 Å². The SMILES string of the molecule is NC1=NCc2c(ccc(O)c2Cl)N1. The van der Waals surface area contributed by atoms with Crippen LogP contribution in [0.15, 0.2) is 17.1 Å². The third kappa shape index (κ3) is 1.29. The number of guanidine groups is 1. The van der Waals surface area contributed by atoms with Crippen molar-refractivity contribution < 1.29 is 5.11 Å². The van der Waals surface area contributed by atoms with Crippen molar-refractivity contribution in [1.29, 1.82) is 0 Å². The molecule has 0 atom stereocenters. The number of rotatable bonds is 0. The summed E-state index contributed by atoms with van der Waals surface area (Å²) in [4.78, 5) is 3.96. The number of hydrogen-bond acceptors (Lipinski definition) is 4. The highest BCUT2D eigenvalue weighted by molar-refractivity contribution is 6.33. The van der Waals surface area contributed by atoms with Crippen molar-refractivity contribution >= 4 is 23.2 Å². The van der Waals surface area contributed by atoms with Crippen LogP contribution in [0.3, 0.4) is 0 Å². The van der Waals surface area contributed by atoms with Crippen molar-refractivity contribution in [3.63, 3.8) is 0 Å². The minimum atomic E-state index is 0.0675. The van der Waals surface area contributed by atoms with E-state index >= 15 is 0 Å². The second-order valence-electron chi connectivity index (χ2n) is 2.75. The van der Waals surface area contributed by atoms with Crippen LogP contribution in [0.5, 0.6) is 5.75 Å². The van der Waals surface area contributed by atoms with Crippen LogP contribution < -0.4 is 11.1 Å². The Labute approximate surface area is 80.0 Å². The lowest BCUT2D eigenvalue weighted by atomic mass is 10.1. The second-order valence-corrected chi connectivity index (χ2v) is 3.13. The van der Waals surface area contributed by atoms with Crippen LogP contribution >= 0.6 is 11.6 Å². The summed E-state index contributed by atoms with van der Waals surface area (Å²) in [5.41, 5.74) is 7.05. The number of phenols is 1. The number of aromatic hydroxyl groups is 1. The fourth-order valence-electron chi connectivity index (χ4n) is 1.22. The van der Waals surface area contributed by atoms with Crippen molar-refractivity contribution in [2.45, 2.75) is 6.54 Å². The molecule has 68 valence electrons. The standard InChI is InChI=1S/C8H8ClN3O/c9-7-4-3-11-8(10)12-5(4)1-2-6(7)13/h1-2,13H,3H2,(H3,10,11,12). The number of halogens is 1. The number of fused-ring (bicyclic) bond motifs is 1. The first kappa shape index (κ1) is 8.19. The average Bonchev–Trinajstić information content (AvgIpc) is 2.12. The van der Waals surface area contributed by atoms with E-state index in [9.17, 15) is 5.11 Å². The molecule has 0 amide bonds. The lowest BCUT2D eigenvalue weighted by Crippen LogP contribution is -2.26. The number of nitrogens with two attached hydrogens (primary N) is 1. The Hall–Kier alpha value is -1.42. The Bertz CT molecular complexity index is 389. The number of aliphatic imine (C=N–C) groups is 1. The summed E-state index contributed by atoms with van der Waals surface area (Å²) in [6, 6.07) is 3.24. The van der Waals surface area contributed by atoms with Gasteiger partial charge < -0.3 is 16.2 Å². The first-order chi connectivity index (χ1) is 6.18. The number of anilines is 1. The molecule has 1 heterocycles. The molecule has 1 aliphatic rings. The Kier molecular flexibility index (Phi) is 1.77. The summed E-state index contributed by atoms with van der Waals surface area (Å²) in [6.45, 7) is 0.404. The van der Waals surface area contributed by atoms with E-state index in [0.29, 0.717) is 17.5 Å². The maximum atomic E-state index is 9.30. The topological polar surface area (TPSA) is 70.6 Å². The van der Waals surface area contributed by atoms with Gasteiger partial charge in [-0.1, -0.05) is 11.6 Å². The van der Waals surface area contributed by atoms with E-state index in [4.69, 9.17) is 17.3 Å². The fourth-order valence-corrected chi connectivity index (χ4v) is 1.45. The molecule has 0 spiro atoms. The van der Waals surface area contributed by atoms with Crippen LogP contribution in [0.2, 0.25) is 5.02 Å². The van der Waals surface area contributed by atoms with Gasteiger partial charge in [0.25, 0.3) is 0 Å². The van der Waals surface area contributed by atoms with E-state index in [1.807, 2.05) is 0 Å². The van der Waals surface area contributed by atoms with Gasteiger partial charge in [0.1, 0.15) is 5.75 Å². The molecular formula is C8H8ClN3O. The zero-order valence-corrected chi connectivity index (χ0v) is 7.47. The molecule has 0 aliphatic carbocycles. The van der Waals surface area contributed by atoms with Crippen molar-refractivity contribution in [1.82, 2.24) is 0 Å². The van der Waals surface area contributed by atoms with E-state index in [-0.39, 0.29) is 5.75 Å². The molecule has 0 unspecified atom stereocenters. The summed E-state index contributed by atoms with van der Waals surface area (Å²) in [5, 5.41) is 12.5. The molecule has 1 aromatic rings. The van der Waals surface area contributed by atoms with Crippen LogP contribution in [0.25, 0.3) is 0 Å². The number of benzene rings is 1. The molecule has 0 fully saturated rings. The van der Waals surface area contributed by atoms with E-state index in [1.54, 1.807) is 6.07 Å². The van der Waals surface area contributed by atoms with Gasteiger partial charge in [0.15, 0.2) is 5.96 Å². The van der Waals surface area contributed by atoms with Gasteiger partial charge in [0.2, 0.25) is 0 Å². The molecule has 2 rings (SSSR count). The zero-order chi connectivity index (χ0) is 9.42. The van der Waals surface area contributed by atoms with E-state index < -0.39 is 0 Å². The van der Waals surface area contributed by atoms with Gasteiger partial charge in [-0.05, 0) is 12.1 Å². The number of hydrogen-bond donors (Lipinski definition) is 3. The largest absolute Gasteiger partial charge is 0.506 e. The lowest BCUT2D eigenvalue weighted by molar-refractivity contribution is 0.475. The Balaban J connectivity index is 2.53. The monoisotopic (exact) mass is 197 g/mol. The van der Waals surface area contributed by atoms with Crippen LogP contribution in [-0.2, 0) is 6.54 Å². The predicted molar refractivity (Wildman–Crippen MR) is 52.1 cm³/mol. The maximum Gasteiger partial charge on any atom is 0.193 e. The summed E-state index contributed by atoms with van der Waals surface area (Å²) in [7, 11) is 0. The predicted octanol–water partition coefficient (Wildman–Crippen LogP) is 1.29. The van der Waals surface area contributed by atoms with Crippen LogP contribution in [0.4, 0.5) is 5.69 Å². The van der Waals surface area contributed by atoms with Crippen LogP contribution in [-0.4, -0.2) is 11.1 Å². The lowest BCUT2D eigenvalue weighted by Gasteiger charge is -2.17. The van der Waals surface area contributed by atoms with Crippen LogP contribution in [0, 0.1) is 0 Å². The Morgan fingerprint density at radius 1 is 1.54 bits per heavy atom. The highest BCUT2D eigenvalue weighted by Gasteiger charge is 2.14. The third-order valence-electron chi connectivity index (χ3n) is 1.89. The third-order valence-corrected chi connectivity index (χ3v) is 2.31. The van der Waals surface area contributed by atoms with Gasteiger partial charge >= 0.3 is 0 Å². The molecule has 0 saturated heterocycles. The van der Waals surface area contributed by atoms with Crippen molar-refractivity contribution in [2.24, 2.45) is 10.7 Å². The molecule has 0 bridgehead atoms. The zero-order valence-electron chi connectivity index (χ0n) is 6.71. The van der Waals surface area contributed by atoms with Crippen molar-refractivity contribution in [3.8, 4) is 5.75 Å². The first-order valence-corrected chi connectivity index (χ1v) is 4.13. The van der Waals surface area contributed by atoms with Gasteiger partial charge in [-0.25, -0.2) is 4.99 Å². The average molecular weight is 198 g/mol. The normalized spacial score (nSPS) is 14.4. The van der Waals surface area contributed by atoms with Gasteiger partial charge in [-0.15, -0.1) is 0 Å². The Morgan fingerprint density at radius 3 is 3.08 bits per heavy atom. The van der Waals surface area contributed by atoms with Gasteiger partial charge in [0.05, 0.1) is 11.6 Å². The van der Waals surface area contributed by atoms with E-state index in [0.717, 1.165) is 11.3 Å².